The van der Waals surface area contributed by atoms with Crippen molar-refractivity contribution in [2.75, 3.05) is 13.7 Å². The summed E-state index contributed by atoms with van der Waals surface area (Å²) in [6, 6.07) is 6.02. The first kappa shape index (κ1) is 24.0. The zero-order chi connectivity index (χ0) is 24.4. The Morgan fingerprint density at radius 1 is 1.09 bits per heavy atom. The highest BCUT2D eigenvalue weighted by atomic mass is 31.0. The van der Waals surface area contributed by atoms with Crippen molar-refractivity contribution in [2.24, 2.45) is 46.3 Å². The van der Waals surface area contributed by atoms with E-state index in [2.05, 4.69) is 33.3 Å². The Balaban J connectivity index is 1.22. The Bertz CT molecular complexity index is 1120. The summed E-state index contributed by atoms with van der Waals surface area (Å²) in [4.78, 5) is 15.3. The lowest BCUT2D eigenvalue weighted by molar-refractivity contribution is -0.154. The highest BCUT2D eigenvalue weighted by molar-refractivity contribution is 7.27. The maximum atomic E-state index is 13.7. The molecule has 5 nitrogen and oxygen atoms in total. The number of hydrogen-bond acceptors (Lipinski definition) is 4. The molecule has 0 spiro atoms. The minimum absolute atomic E-state index is 0.126. The van der Waals surface area contributed by atoms with E-state index in [1.54, 1.807) is 4.80 Å². The van der Waals surface area contributed by atoms with Crippen LogP contribution in [0.15, 0.2) is 18.2 Å². The summed E-state index contributed by atoms with van der Waals surface area (Å²) >= 11 is 0. The van der Waals surface area contributed by atoms with Gasteiger partial charge in [-0.1, -0.05) is 26.3 Å². The average Bonchev–Trinajstić information content (AvgIpc) is 3.38. The number of ketones is 1. The number of nitrogens with zero attached hydrogens (tertiary/aromatic N) is 3. The average molecular weight is 496 g/mol. The molecule has 0 amide bonds. The SMILES string of the molecule is COC[C@]12CC[C@H](C)CC1CC[C@@H]1C2CC[C@@]2(C)C1CC[C@@H]2C(=O)Cn1nc2ccc(P)cc2n1. The van der Waals surface area contributed by atoms with E-state index in [1.807, 2.05) is 25.3 Å². The molecule has 0 N–H and O–H groups in total. The lowest BCUT2D eigenvalue weighted by atomic mass is 9.44. The number of Topliss-reactive ketones (excluding diaryl/α,β-unsaturated/α-hetero) is 1. The molecule has 35 heavy (non-hydrogen) atoms. The first-order valence-electron chi connectivity index (χ1n) is 14.0. The molecule has 4 aliphatic rings. The number of methoxy groups -OCH3 is 1. The summed E-state index contributed by atoms with van der Waals surface area (Å²) in [5, 5.41) is 10.3. The van der Waals surface area contributed by atoms with Gasteiger partial charge in [-0.3, -0.25) is 4.79 Å². The molecule has 1 heterocycles. The van der Waals surface area contributed by atoms with Crippen molar-refractivity contribution in [1.29, 1.82) is 0 Å². The van der Waals surface area contributed by atoms with E-state index in [1.165, 1.54) is 51.4 Å². The van der Waals surface area contributed by atoms with Gasteiger partial charge in [0, 0.05) is 13.0 Å². The number of rotatable bonds is 5. The van der Waals surface area contributed by atoms with Gasteiger partial charge in [0.2, 0.25) is 0 Å². The summed E-state index contributed by atoms with van der Waals surface area (Å²) < 4.78 is 5.95. The minimum Gasteiger partial charge on any atom is -0.384 e. The quantitative estimate of drug-likeness (QED) is 0.520. The molecule has 9 atom stereocenters. The monoisotopic (exact) mass is 495 g/mol. The summed E-state index contributed by atoms with van der Waals surface area (Å²) in [5.74, 6) is 4.39. The molecule has 4 saturated carbocycles. The van der Waals surface area contributed by atoms with Crippen LogP contribution in [0.25, 0.3) is 11.0 Å². The molecule has 0 bridgehead atoms. The number of aromatic nitrogens is 3. The van der Waals surface area contributed by atoms with Gasteiger partial charge in [0.25, 0.3) is 0 Å². The van der Waals surface area contributed by atoms with E-state index in [0.717, 1.165) is 53.0 Å². The minimum atomic E-state index is 0.126. The molecule has 2 aromatic rings. The molecule has 0 saturated heterocycles. The van der Waals surface area contributed by atoms with Gasteiger partial charge in [-0.05, 0) is 109 Å². The number of fused-ring (bicyclic) bond motifs is 6. The van der Waals surface area contributed by atoms with Crippen LogP contribution in [0.1, 0.15) is 71.6 Å². The van der Waals surface area contributed by atoms with Crippen molar-refractivity contribution >= 4 is 31.4 Å². The van der Waals surface area contributed by atoms with Gasteiger partial charge in [0.15, 0.2) is 5.78 Å². The molecule has 190 valence electrons. The van der Waals surface area contributed by atoms with Crippen LogP contribution in [0.2, 0.25) is 0 Å². The first-order valence-corrected chi connectivity index (χ1v) is 14.5. The zero-order valence-corrected chi connectivity index (χ0v) is 22.9. The third kappa shape index (κ3) is 3.82. The van der Waals surface area contributed by atoms with Crippen LogP contribution < -0.4 is 5.30 Å². The van der Waals surface area contributed by atoms with Crippen molar-refractivity contribution in [1.82, 2.24) is 15.0 Å². The van der Waals surface area contributed by atoms with E-state index in [9.17, 15) is 4.79 Å². The smallest absolute Gasteiger partial charge is 0.159 e. The number of hydrogen-bond donors (Lipinski definition) is 0. The summed E-state index contributed by atoms with van der Waals surface area (Å²) in [6.07, 6.45) is 11.5. The van der Waals surface area contributed by atoms with Crippen LogP contribution in [0.5, 0.6) is 0 Å². The van der Waals surface area contributed by atoms with Gasteiger partial charge in [-0.15, -0.1) is 9.24 Å². The fourth-order valence-corrected chi connectivity index (χ4v) is 9.89. The standard InChI is InChI=1S/C29H42N3O2P/c1-18-10-13-29(17-34-3)19(14-18)4-6-21-22-7-8-24(28(22,2)12-11-23(21)29)27(33)16-32-30-25-9-5-20(35)15-26(25)31-32/h5,9,15,18-19,21-24H,4,6-8,10-14,16-17,35H2,1-3H3/t18-,19?,21-,22?,23?,24+,28-,29+/m0/s1. The molecule has 4 unspecified atom stereocenters. The zero-order valence-electron chi connectivity index (χ0n) is 21.7. The topological polar surface area (TPSA) is 57.0 Å². The number of carbonyl (C=O) groups is 1. The van der Waals surface area contributed by atoms with Gasteiger partial charge >= 0.3 is 0 Å². The van der Waals surface area contributed by atoms with Crippen LogP contribution in [0.4, 0.5) is 0 Å². The second kappa shape index (κ2) is 8.91. The fraction of sp³-hybridized carbons (Fsp3) is 0.759. The van der Waals surface area contributed by atoms with Crippen molar-refractivity contribution < 1.29 is 9.53 Å². The van der Waals surface area contributed by atoms with Crippen LogP contribution in [0.3, 0.4) is 0 Å². The Labute approximate surface area is 212 Å². The van der Waals surface area contributed by atoms with Gasteiger partial charge in [-0.25, -0.2) is 0 Å². The predicted octanol–water partition coefficient (Wildman–Crippen LogP) is 5.42. The Morgan fingerprint density at radius 3 is 2.74 bits per heavy atom. The second-order valence-electron chi connectivity index (χ2n) is 12.8. The molecule has 6 rings (SSSR count). The van der Waals surface area contributed by atoms with Crippen LogP contribution in [-0.2, 0) is 16.1 Å². The third-order valence-corrected chi connectivity index (χ3v) is 11.5. The number of benzene rings is 1. The predicted molar refractivity (Wildman–Crippen MR) is 142 cm³/mol. The van der Waals surface area contributed by atoms with Gasteiger partial charge in [-0.2, -0.15) is 15.0 Å². The first-order chi connectivity index (χ1) is 16.8. The number of ether oxygens (including phenoxy) is 1. The van der Waals surface area contributed by atoms with E-state index >= 15 is 0 Å². The Kier molecular flexibility index (Phi) is 6.12. The molecule has 1 aromatic heterocycles. The fourth-order valence-electron chi connectivity index (χ4n) is 9.64. The van der Waals surface area contributed by atoms with Gasteiger partial charge in [0.1, 0.15) is 17.6 Å². The third-order valence-electron chi connectivity index (χ3n) is 11.2. The van der Waals surface area contributed by atoms with Crippen molar-refractivity contribution in [3.05, 3.63) is 18.2 Å². The Morgan fingerprint density at radius 2 is 1.91 bits per heavy atom. The van der Waals surface area contributed by atoms with E-state index < -0.39 is 0 Å². The molecular formula is C29H42N3O2P. The van der Waals surface area contributed by atoms with Gasteiger partial charge < -0.3 is 4.74 Å². The molecule has 1 aromatic carbocycles. The Hall–Kier alpha value is -1.32. The van der Waals surface area contributed by atoms with Crippen molar-refractivity contribution in [2.45, 2.75) is 78.2 Å². The van der Waals surface area contributed by atoms with Crippen LogP contribution in [0, 0.1) is 46.3 Å². The summed E-state index contributed by atoms with van der Waals surface area (Å²) in [5.41, 5.74) is 2.23. The number of carbonyl (C=O) groups excluding carboxylic acids is 1. The lowest BCUT2D eigenvalue weighted by Crippen LogP contribution is -2.56. The van der Waals surface area contributed by atoms with E-state index in [-0.39, 0.29) is 11.3 Å². The van der Waals surface area contributed by atoms with Crippen molar-refractivity contribution in [3.63, 3.8) is 0 Å². The van der Waals surface area contributed by atoms with Gasteiger partial charge in [0.05, 0.1) is 6.61 Å². The molecule has 0 aliphatic heterocycles. The van der Waals surface area contributed by atoms with E-state index in [0.29, 0.717) is 23.7 Å². The molecule has 4 fully saturated rings. The van der Waals surface area contributed by atoms with E-state index in [4.69, 9.17) is 4.74 Å². The van der Waals surface area contributed by atoms with Crippen LogP contribution >= 0.6 is 9.24 Å². The summed E-state index contributed by atoms with van der Waals surface area (Å²) in [6.45, 7) is 6.14. The lowest BCUT2D eigenvalue weighted by Gasteiger charge is -2.61. The highest BCUT2D eigenvalue weighted by Crippen LogP contribution is 2.68. The molecule has 6 heteroatoms. The van der Waals surface area contributed by atoms with Crippen LogP contribution in [-0.4, -0.2) is 34.5 Å². The molecule has 4 aliphatic carbocycles. The largest absolute Gasteiger partial charge is 0.384 e. The molecule has 0 radical (unpaired) electrons. The highest BCUT2D eigenvalue weighted by Gasteiger charge is 2.62. The maximum Gasteiger partial charge on any atom is 0.159 e. The normalized spacial score (nSPS) is 40.8. The van der Waals surface area contributed by atoms with Crippen molar-refractivity contribution in [3.8, 4) is 0 Å². The second-order valence-corrected chi connectivity index (χ2v) is 13.5. The maximum absolute atomic E-state index is 13.7. The molecular weight excluding hydrogens is 453 g/mol. The summed E-state index contributed by atoms with van der Waals surface area (Å²) in [7, 11) is 4.62.